The van der Waals surface area contributed by atoms with Crippen molar-refractivity contribution in [2.24, 2.45) is 0 Å². The van der Waals surface area contributed by atoms with Crippen LogP contribution in [0.15, 0.2) is 54.6 Å². The van der Waals surface area contributed by atoms with E-state index in [0.29, 0.717) is 24.2 Å². The third-order valence-electron chi connectivity index (χ3n) is 4.51. The van der Waals surface area contributed by atoms with Gasteiger partial charge in [0.25, 0.3) is 5.91 Å². The minimum absolute atomic E-state index is 0.188. The van der Waals surface area contributed by atoms with Gasteiger partial charge in [-0.2, -0.15) is 0 Å². The van der Waals surface area contributed by atoms with Gasteiger partial charge >= 0.3 is 0 Å². The van der Waals surface area contributed by atoms with Crippen LogP contribution >= 0.6 is 0 Å². The number of aliphatic hydroxyl groups excluding tert-OH is 1. The van der Waals surface area contributed by atoms with Crippen LogP contribution in [0, 0.1) is 0 Å². The lowest BCUT2D eigenvalue weighted by Gasteiger charge is -2.26. The second kappa shape index (κ2) is 11.1. The van der Waals surface area contributed by atoms with E-state index in [2.05, 4.69) is 5.32 Å². The monoisotopic (exact) mass is 396 g/mol. The Balaban J connectivity index is 2.15. The third kappa shape index (κ3) is 5.99. The number of amides is 2. The van der Waals surface area contributed by atoms with Crippen molar-refractivity contribution in [1.82, 2.24) is 10.2 Å². The summed E-state index contributed by atoms with van der Waals surface area (Å²) in [6.45, 7) is 4.59. The van der Waals surface area contributed by atoms with Crippen molar-refractivity contribution in [2.45, 2.75) is 32.7 Å². The molecule has 2 amide bonds. The topological polar surface area (TPSA) is 86.7 Å². The van der Waals surface area contributed by atoms with Crippen molar-refractivity contribution in [2.75, 3.05) is 19.7 Å². The van der Waals surface area contributed by atoms with Gasteiger partial charge in [-0.3, -0.25) is 14.4 Å². The van der Waals surface area contributed by atoms with Crippen molar-refractivity contribution in [1.29, 1.82) is 0 Å². The Bertz CT molecular complexity index is 830. The Hall–Kier alpha value is -2.99. The molecule has 2 rings (SSSR count). The number of aliphatic hydroxyl groups is 1. The lowest BCUT2D eigenvalue weighted by Crippen LogP contribution is -2.51. The minimum atomic E-state index is -1.02. The fourth-order valence-electron chi connectivity index (χ4n) is 3.08. The van der Waals surface area contributed by atoms with E-state index >= 15 is 0 Å². The molecule has 1 unspecified atom stereocenters. The third-order valence-corrected chi connectivity index (χ3v) is 4.51. The van der Waals surface area contributed by atoms with Crippen molar-refractivity contribution in [3.8, 4) is 0 Å². The summed E-state index contributed by atoms with van der Waals surface area (Å²) in [5.74, 6) is -0.999. The van der Waals surface area contributed by atoms with Gasteiger partial charge in [0.2, 0.25) is 5.91 Å². The molecule has 0 aliphatic heterocycles. The number of carbonyl (C=O) groups excluding carboxylic acids is 3. The zero-order valence-corrected chi connectivity index (χ0v) is 16.9. The molecule has 0 aromatic heterocycles. The summed E-state index contributed by atoms with van der Waals surface area (Å²) in [7, 11) is 0. The van der Waals surface area contributed by atoms with Crippen LogP contribution in [-0.2, 0) is 4.79 Å². The number of carbonyl (C=O) groups is 3. The van der Waals surface area contributed by atoms with Crippen molar-refractivity contribution >= 4 is 17.6 Å². The second-order valence-corrected chi connectivity index (χ2v) is 6.81. The summed E-state index contributed by atoms with van der Waals surface area (Å²) in [5, 5.41) is 12.2. The van der Waals surface area contributed by atoms with Crippen LogP contribution in [0.25, 0.3) is 0 Å². The fourth-order valence-corrected chi connectivity index (χ4v) is 3.08. The van der Waals surface area contributed by atoms with Crippen LogP contribution in [0.4, 0.5) is 0 Å². The predicted molar refractivity (Wildman–Crippen MR) is 112 cm³/mol. The van der Waals surface area contributed by atoms with Gasteiger partial charge in [-0.15, -0.1) is 0 Å². The molecule has 0 radical (unpaired) electrons. The van der Waals surface area contributed by atoms with Crippen molar-refractivity contribution < 1.29 is 19.5 Å². The molecule has 0 saturated carbocycles. The quantitative estimate of drug-likeness (QED) is 0.605. The van der Waals surface area contributed by atoms with E-state index < -0.39 is 18.6 Å². The zero-order chi connectivity index (χ0) is 21.2. The molecule has 2 N–H and O–H groups in total. The molecule has 29 heavy (non-hydrogen) atoms. The second-order valence-electron chi connectivity index (χ2n) is 6.81. The first-order valence-electron chi connectivity index (χ1n) is 9.92. The number of rotatable bonds is 10. The van der Waals surface area contributed by atoms with Crippen molar-refractivity contribution in [3.05, 3.63) is 71.3 Å². The van der Waals surface area contributed by atoms with Crippen LogP contribution in [0.2, 0.25) is 0 Å². The first-order valence-corrected chi connectivity index (χ1v) is 9.92. The van der Waals surface area contributed by atoms with E-state index in [1.807, 2.05) is 19.9 Å². The van der Waals surface area contributed by atoms with Crippen LogP contribution in [-0.4, -0.2) is 53.3 Å². The number of ketones is 1. The molecule has 6 nitrogen and oxygen atoms in total. The maximum atomic E-state index is 12.7. The smallest absolute Gasteiger partial charge is 0.252 e. The normalized spacial score (nSPS) is 11.6. The van der Waals surface area contributed by atoms with Gasteiger partial charge in [0.05, 0.1) is 6.61 Å². The van der Waals surface area contributed by atoms with Gasteiger partial charge in [0.15, 0.2) is 5.78 Å². The highest BCUT2D eigenvalue weighted by atomic mass is 16.3. The Morgan fingerprint density at radius 1 is 0.897 bits per heavy atom. The maximum Gasteiger partial charge on any atom is 0.252 e. The lowest BCUT2D eigenvalue weighted by atomic mass is 10.0. The minimum Gasteiger partial charge on any atom is -0.394 e. The number of nitrogens with zero attached hydrogens (tertiary/aromatic N) is 1. The summed E-state index contributed by atoms with van der Waals surface area (Å²) in [5.41, 5.74) is 1.17. The average molecular weight is 396 g/mol. The lowest BCUT2D eigenvalue weighted by molar-refractivity contribution is -0.134. The van der Waals surface area contributed by atoms with Crippen molar-refractivity contribution in [3.63, 3.8) is 0 Å². The molecule has 2 aromatic carbocycles. The summed E-state index contributed by atoms with van der Waals surface area (Å²) in [4.78, 5) is 39.6. The Labute approximate surface area is 171 Å². The molecule has 0 aliphatic rings. The highest BCUT2D eigenvalue weighted by Crippen LogP contribution is 2.12. The molecular formula is C23H28N2O4. The molecule has 6 heteroatoms. The Morgan fingerprint density at radius 2 is 1.48 bits per heavy atom. The first kappa shape index (κ1) is 22.3. The largest absolute Gasteiger partial charge is 0.394 e. The van der Waals surface area contributed by atoms with E-state index in [9.17, 15) is 19.5 Å². The van der Waals surface area contributed by atoms with E-state index in [4.69, 9.17) is 0 Å². The first-order chi connectivity index (χ1) is 14.0. The Morgan fingerprint density at radius 3 is 2.07 bits per heavy atom. The highest BCUT2D eigenvalue weighted by molar-refractivity contribution is 6.10. The fraction of sp³-hybridized carbons (Fsp3) is 0.348. The summed E-state index contributed by atoms with van der Waals surface area (Å²) in [6, 6.07) is 14.1. The average Bonchev–Trinajstić information content (AvgIpc) is 2.76. The molecule has 1 atom stereocenters. The van der Waals surface area contributed by atoms with Gasteiger partial charge in [-0.05, 0) is 25.0 Å². The SMILES string of the molecule is CCCN(CCC)C(=O)C(CO)NC(=O)c1cccc(C(=O)c2ccccc2)c1. The van der Waals surface area contributed by atoms with Gasteiger partial charge in [-0.25, -0.2) is 0 Å². The molecule has 154 valence electrons. The summed E-state index contributed by atoms with van der Waals surface area (Å²) < 4.78 is 0. The summed E-state index contributed by atoms with van der Waals surface area (Å²) >= 11 is 0. The van der Waals surface area contributed by atoms with Gasteiger partial charge < -0.3 is 15.3 Å². The van der Waals surface area contributed by atoms with E-state index in [0.717, 1.165) is 12.8 Å². The number of hydrogen-bond acceptors (Lipinski definition) is 4. The van der Waals surface area contributed by atoms with Gasteiger partial charge in [0.1, 0.15) is 6.04 Å². The maximum absolute atomic E-state index is 12.7. The van der Waals surface area contributed by atoms with Gasteiger partial charge in [-0.1, -0.05) is 56.3 Å². The molecular weight excluding hydrogens is 368 g/mol. The number of nitrogens with one attached hydrogen (secondary N) is 1. The number of hydrogen-bond donors (Lipinski definition) is 2. The van der Waals surface area contributed by atoms with Crippen LogP contribution in [0.3, 0.4) is 0 Å². The summed E-state index contributed by atoms with van der Waals surface area (Å²) in [6.07, 6.45) is 1.59. The standard InChI is InChI=1S/C23H28N2O4/c1-3-13-25(14-4-2)23(29)20(16-26)24-22(28)19-12-8-11-18(15-19)21(27)17-9-6-5-7-10-17/h5-12,15,20,26H,3-4,13-14,16H2,1-2H3,(H,24,28). The molecule has 0 aliphatic carbocycles. The molecule has 0 saturated heterocycles. The molecule has 0 bridgehead atoms. The molecule has 0 fully saturated rings. The molecule has 0 spiro atoms. The van der Waals surface area contributed by atoms with Gasteiger partial charge in [0, 0.05) is 29.8 Å². The van der Waals surface area contributed by atoms with Crippen LogP contribution in [0.1, 0.15) is 53.0 Å². The predicted octanol–water partition coefficient (Wildman–Crippen LogP) is 2.66. The van der Waals surface area contributed by atoms with E-state index in [1.54, 1.807) is 47.4 Å². The number of benzene rings is 2. The Kier molecular flexibility index (Phi) is 8.55. The molecule has 2 aromatic rings. The van der Waals surface area contributed by atoms with Crippen LogP contribution in [0.5, 0.6) is 0 Å². The highest BCUT2D eigenvalue weighted by Gasteiger charge is 2.25. The molecule has 0 heterocycles. The van der Waals surface area contributed by atoms with Crippen LogP contribution < -0.4 is 5.32 Å². The van der Waals surface area contributed by atoms with E-state index in [1.165, 1.54) is 6.07 Å². The zero-order valence-electron chi connectivity index (χ0n) is 16.9. The van der Waals surface area contributed by atoms with E-state index in [-0.39, 0.29) is 17.3 Å².